The summed E-state index contributed by atoms with van der Waals surface area (Å²) < 4.78 is 2.07. The number of carbonyl (C=O) groups is 1. The summed E-state index contributed by atoms with van der Waals surface area (Å²) in [5.41, 5.74) is 1.21. The van der Waals surface area contributed by atoms with Crippen LogP contribution in [0, 0.1) is 0 Å². The average molecular weight is 401 g/mol. The van der Waals surface area contributed by atoms with E-state index in [9.17, 15) is 9.59 Å². The van der Waals surface area contributed by atoms with E-state index in [0.29, 0.717) is 10.9 Å². The Morgan fingerprint density at radius 2 is 1.92 bits per heavy atom. The summed E-state index contributed by atoms with van der Waals surface area (Å²) in [5, 5.41) is 11.2. The van der Waals surface area contributed by atoms with Gasteiger partial charge in [0.05, 0.1) is 11.4 Å². The van der Waals surface area contributed by atoms with E-state index >= 15 is 0 Å². The number of hydrogen-bond donors (Lipinski definition) is 1. The van der Waals surface area contributed by atoms with E-state index in [1.807, 2.05) is 31.2 Å². The molecule has 0 aliphatic heterocycles. The Hall–Kier alpha value is -2.54. The van der Waals surface area contributed by atoms with Crippen molar-refractivity contribution in [2.75, 3.05) is 0 Å². The maximum atomic E-state index is 12.4. The third-order valence-corrected chi connectivity index (χ3v) is 4.47. The predicted octanol–water partition coefficient (Wildman–Crippen LogP) is 2.82. The molecule has 1 heterocycles. The summed E-state index contributed by atoms with van der Waals surface area (Å²) >= 11 is 3.40. The van der Waals surface area contributed by atoms with Crippen LogP contribution in [0.3, 0.4) is 0 Å². The first-order valence-corrected chi connectivity index (χ1v) is 8.75. The Kier molecular flexibility index (Phi) is 5.23. The highest BCUT2D eigenvalue weighted by atomic mass is 79.9. The van der Waals surface area contributed by atoms with Gasteiger partial charge in [0.1, 0.15) is 12.1 Å². The van der Waals surface area contributed by atoms with Gasteiger partial charge in [0.15, 0.2) is 0 Å². The first-order chi connectivity index (χ1) is 12.1. The van der Waals surface area contributed by atoms with Gasteiger partial charge in [-0.05, 0) is 36.2 Å². The number of halogens is 1. The van der Waals surface area contributed by atoms with E-state index in [-0.39, 0.29) is 24.1 Å². The van der Waals surface area contributed by atoms with Crippen molar-refractivity contribution in [2.45, 2.75) is 25.9 Å². The third kappa shape index (κ3) is 3.93. The molecule has 0 fully saturated rings. The SMILES string of the molecule is CC[C@@H](NC(=O)Cn1nnc2ccccc2c1=O)c1ccc(Br)cc1. The average Bonchev–Trinajstić information content (AvgIpc) is 2.63. The monoisotopic (exact) mass is 400 g/mol. The Morgan fingerprint density at radius 1 is 1.20 bits per heavy atom. The second kappa shape index (κ2) is 7.57. The van der Waals surface area contributed by atoms with Crippen molar-refractivity contribution in [3.8, 4) is 0 Å². The van der Waals surface area contributed by atoms with Gasteiger partial charge in [-0.2, -0.15) is 0 Å². The van der Waals surface area contributed by atoms with E-state index < -0.39 is 0 Å². The molecule has 3 aromatic rings. The molecule has 2 aromatic carbocycles. The number of fused-ring (bicyclic) bond motifs is 1. The molecule has 0 bridgehead atoms. The molecule has 0 radical (unpaired) electrons. The van der Waals surface area contributed by atoms with Crippen LogP contribution in [0.2, 0.25) is 0 Å². The van der Waals surface area contributed by atoms with E-state index in [4.69, 9.17) is 0 Å². The molecule has 0 aliphatic carbocycles. The smallest absolute Gasteiger partial charge is 0.278 e. The number of nitrogens with one attached hydrogen (secondary N) is 1. The van der Waals surface area contributed by atoms with Gasteiger partial charge < -0.3 is 5.32 Å². The lowest BCUT2D eigenvalue weighted by atomic mass is 10.0. The zero-order valence-electron chi connectivity index (χ0n) is 13.6. The number of carbonyl (C=O) groups excluding carboxylic acids is 1. The fourth-order valence-corrected chi connectivity index (χ4v) is 2.88. The molecule has 6 nitrogen and oxygen atoms in total. The van der Waals surface area contributed by atoms with Crippen LogP contribution in [-0.4, -0.2) is 20.9 Å². The molecule has 0 saturated carbocycles. The molecule has 7 heteroatoms. The summed E-state index contributed by atoms with van der Waals surface area (Å²) in [6.45, 7) is 1.83. The number of nitrogens with zero attached hydrogens (tertiary/aromatic N) is 3. The van der Waals surface area contributed by atoms with Crippen molar-refractivity contribution >= 4 is 32.7 Å². The highest BCUT2D eigenvalue weighted by Crippen LogP contribution is 2.19. The van der Waals surface area contributed by atoms with Crippen molar-refractivity contribution in [3.05, 3.63) is 68.9 Å². The van der Waals surface area contributed by atoms with Crippen LogP contribution in [0.1, 0.15) is 24.9 Å². The molecule has 25 heavy (non-hydrogen) atoms. The van der Waals surface area contributed by atoms with Crippen LogP contribution in [0.5, 0.6) is 0 Å². The zero-order valence-corrected chi connectivity index (χ0v) is 15.2. The van der Waals surface area contributed by atoms with E-state index in [1.165, 1.54) is 0 Å². The van der Waals surface area contributed by atoms with Gasteiger partial charge in [0, 0.05) is 4.47 Å². The number of rotatable bonds is 5. The Morgan fingerprint density at radius 3 is 2.64 bits per heavy atom. The fourth-order valence-electron chi connectivity index (χ4n) is 2.62. The Bertz CT molecular complexity index is 953. The van der Waals surface area contributed by atoms with Gasteiger partial charge in [-0.15, -0.1) is 5.10 Å². The standard InChI is InChI=1S/C18H17BrN4O2/c1-2-15(12-7-9-13(19)10-8-12)20-17(24)11-23-18(25)14-5-3-4-6-16(14)21-22-23/h3-10,15H,2,11H2,1H3,(H,20,24)/t15-/m1/s1. The van der Waals surface area contributed by atoms with E-state index in [0.717, 1.165) is 21.1 Å². The lowest BCUT2D eigenvalue weighted by Gasteiger charge is -2.17. The third-order valence-electron chi connectivity index (χ3n) is 3.94. The molecule has 128 valence electrons. The molecular formula is C18H17BrN4O2. The summed E-state index contributed by atoms with van der Waals surface area (Å²) in [6, 6.07) is 14.6. The molecule has 0 saturated heterocycles. The number of aromatic nitrogens is 3. The van der Waals surface area contributed by atoms with E-state index in [1.54, 1.807) is 24.3 Å². The molecule has 0 spiro atoms. The van der Waals surface area contributed by atoms with Crippen LogP contribution >= 0.6 is 15.9 Å². The summed E-state index contributed by atoms with van der Waals surface area (Å²) in [7, 11) is 0. The highest BCUT2D eigenvalue weighted by molar-refractivity contribution is 9.10. The van der Waals surface area contributed by atoms with Gasteiger partial charge in [0.25, 0.3) is 5.56 Å². The van der Waals surface area contributed by atoms with Crippen molar-refractivity contribution in [1.82, 2.24) is 20.3 Å². The number of benzene rings is 2. The van der Waals surface area contributed by atoms with Gasteiger partial charge in [-0.25, -0.2) is 4.68 Å². The largest absolute Gasteiger partial charge is 0.348 e. The minimum absolute atomic E-state index is 0.121. The summed E-state index contributed by atoms with van der Waals surface area (Å²) in [4.78, 5) is 24.8. The fraction of sp³-hybridized carbons (Fsp3) is 0.222. The first-order valence-electron chi connectivity index (χ1n) is 7.96. The Labute approximate surface area is 153 Å². The zero-order chi connectivity index (χ0) is 17.8. The topological polar surface area (TPSA) is 76.9 Å². The second-order valence-electron chi connectivity index (χ2n) is 5.65. The van der Waals surface area contributed by atoms with Crippen LogP contribution in [-0.2, 0) is 11.3 Å². The molecule has 1 atom stereocenters. The lowest BCUT2D eigenvalue weighted by Crippen LogP contribution is -2.36. The van der Waals surface area contributed by atoms with Crippen molar-refractivity contribution in [1.29, 1.82) is 0 Å². The maximum absolute atomic E-state index is 12.4. The van der Waals surface area contributed by atoms with Gasteiger partial charge >= 0.3 is 0 Å². The molecule has 1 aromatic heterocycles. The Balaban J connectivity index is 1.76. The molecule has 3 rings (SSSR count). The van der Waals surface area contributed by atoms with Crippen molar-refractivity contribution < 1.29 is 4.79 Å². The summed E-state index contributed by atoms with van der Waals surface area (Å²) in [5.74, 6) is -0.276. The molecule has 1 N–H and O–H groups in total. The molecule has 0 aliphatic rings. The second-order valence-corrected chi connectivity index (χ2v) is 6.56. The van der Waals surface area contributed by atoms with E-state index in [2.05, 4.69) is 31.6 Å². The van der Waals surface area contributed by atoms with Gasteiger partial charge in [0.2, 0.25) is 5.91 Å². The van der Waals surface area contributed by atoms with Crippen LogP contribution in [0.25, 0.3) is 10.9 Å². The molecule has 0 unspecified atom stereocenters. The van der Waals surface area contributed by atoms with Gasteiger partial charge in [-0.1, -0.05) is 52.3 Å². The predicted molar refractivity (Wildman–Crippen MR) is 99.1 cm³/mol. The van der Waals surface area contributed by atoms with Crippen molar-refractivity contribution in [3.63, 3.8) is 0 Å². The minimum Gasteiger partial charge on any atom is -0.348 e. The molecular weight excluding hydrogens is 384 g/mol. The molecule has 1 amide bonds. The quantitative estimate of drug-likeness (QED) is 0.714. The van der Waals surface area contributed by atoms with Crippen LogP contribution in [0.4, 0.5) is 0 Å². The number of amides is 1. The maximum Gasteiger partial charge on any atom is 0.278 e. The van der Waals surface area contributed by atoms with Gasteiger partial charge in [-0.3, -0.25) is 9.59 Å². The minimum atomic E-state index is -0.322. The lowest BCUT2D eigenvalue weighted by molar-refractivity contribution is -0.122. The van der Waals surface area contributed by atoms with Crippen molar-refractivity contribution in [2.24, 2.45) is 0 Å². The number of hydrogen-bond acceptors (Lipinski definition) is 4. The normalized spacial score (nSPS) is 12.1. The van der Waals surface area contributed by atoms with Crippen LogP contribution in [0.15, 0.2) is 57.8 Å². The highest BCUT2D eigenvalue weighted by Gasteiger charge is 2.15. The van der Waals surface area contributed by atoms with Crippen LogP contribution < -0.4 is 10.9 Å². The first kappa shape index (κ1) is 17.3. The summed E-state index contributed by atoms with van der Waals surface area (Å²) in [6.07, 6.45) is 0.742.